The summed E-state index contributed by atoms with van der Waals surface area (Å²) < 4.78 is 37.3. The molecule has 0 atom stereocenters. The smallest absolute Gasteiger partial charge is 0.244 e. The van der Waals surface area contributed by atoms with Crippen molar-refractivity contribution in [1.82, 2.24) is 9.88 Å². The minimum absolute atomic E-state index is 0.132. The standard InChI is InChI=1S/C13H18N2O4S/c1-9(2)4-7-15-20(16,17)13-8-12(18-10(13)3)11-5-6-14-19-11/h5-6,8-9,15H,4,7H2,1-3H3. The second-order valence-electron chi connectivity index (χ2n) is 4.99. The van der Waals surface area contributed by atoms with E-state index in [-0.39, 0.29) is 4.90 Å². The Labute approximate surface area is 118 Å². The van der Waals surface area contributed by atoms with Crippen LogP contribution >= 0.6 is 0 Å². The van der Waals surface area contributed by atoms with Gasteiger partial charge in [0.25, 0.3) is 0 Å². The summed E-state index contributed by atoms with van der Waals surface area (Å²) in [4.78, 5) is 0.132. The summed E-state index contributed by atoms with van der Waals surface area (Å²) in [7, 11) is -3.56. The zero-order valence-electron chi connectivity index (χ0n) is 11.7. The number of furan rings is 1. The van der Waals surface area contributed by atoms with Gasteiger partial charge in [-0.2, -0.15) is 0 Å². The normalized spacial score (nSPS) is 12.2. The lowest BCUT2D eigenvalue weighted by Crippen LogP contribution is -2.25. The molecule has 0 saturated carbocycles. The third-order valence-electron chi connectivity index (χ3n) is 2.86. The molecule has 0 amide bonds. The molecule has 20 heavy (non-hydrogen) atoms. The second kappa shape index (κ2) is 5.80. The summed E-state index contributed by atoms with van der Waals surface area (Å²) in [6.45, 7) is 6.10. The molecular formula is C13H18N2O4S. The molecule has 6 nitrogen and oxygen atoms in total. The van der Waals surface area contributed by atoms with Gasteiger partial charge in [-0.25, -0.2) is 13.1 Å². The van der Waals surface area contributed by atoms with Crippen molar-refractivity contribution >= 4 is 10.0 Å². The van der Waals surface area contributed by atoms with Crippen molar-refractivity contribution in [3.05, 3.63) is 24.1 Å². The molecule has 0 radical (unpaired) electrons. The van der Waals surface area contributed by atoms with Gasteiger partial charge >= 0.3 is 0 Å². The van der Waals surface area contributed by atoms with E-state index in [0.29, 0.717) is 29.7 Å². The van der Waals surface area contributed by atoms with Crippen molar-refractivity contribution in [1.29, 1.82) is 0 Å². The maximum Gasteiger partial charge on any atom is 0.244 e. The van der Waals surface area contributed by atoms with E-state index in [1.54, 1.807) is 13.0 Å². The van der Waals surface area contributed by atoms with Crippen LogP contribution in [0, 0.1) is 12.8 Å². The Morgan fingerprint density at radius 1 is 1.35 bits per heavy atom. The quantitative estimate of drug-likeness (QED) is 0.885. The predicted octanol–water partition coefficient (Wildman–Crippen LogP) is 2.57. The van der Waals surface area contributed by atoms with Gasteiger partial charge in [0, 0.05) is 18.7 Å². The second-order valence-corrected chi connectivity index (χ2v) is 6.72. The Bertz CT molecular complexity index is 657. The largest absolute Gasteiger partial charge is 0.457 e. The van der Waals surface area contributed by atoms with Crippen LogP contribution in [0.5, 0.6) is 0 Å². The fraction of sp³-hybridized carbons (Fsp3) is 0.462. The molecule has 0 aromatic carbocycles. The molecule has 2 aromatic rings. The van der Waals surface area contributed by atoms with Crippen LogP contribution in [0.4, 0.5) is 0 Å². The Hall–Kier alpha value is -1.60. The molecule has 1 N–H and O–H groups in total. The van der Waals surface area contributed by atoms with E-state index in [9.17, 15) is 8.42 Å². The van der Waals surface area contributed by atoms with Crippen LogP contribution in [0.15, 0.2) is 32.2 Å². The molecule has 110 valence electrons. The molecule has 0 fully saturated rings. The summed E-state index contributed by atoms with van der Waals surface area (Å²) in [6.07, 6.45) is 2.26. The van der Waals surface area contributed by atoms with E-state index >= 15 is 0 Å². The van der Waals surface area contributed by atoms with Crippen LogP contribution in [-0.2, 0) is 10.0 Å². The fourth-order valence-electron chi connectivity index (χ4n) is 1.76. The number of hydrogen-bond donors (Lipinski definition) is 1. The lowest BCUT2D eigenvalue weighted by molar-refractivity contribution is 0.414. The summed E-state index contributed by atoms with van der Waals surface area (Å²) in [6, 6.07) is 3.06. The van der Waals surface area contributed by atoms with Gasteiger partial charge in [0.2, 0.25) is 15.8 Å². The van der Waals surface area contributed by atoms with Gasteiger partial charge in [-0.05, 0) is 19.3 Å². The van der Waals surface area contributed by atoms with Crippen LogP contribution < -0.4 is 4.72 Å². The van der Waals surface area contributed by atoms with Crippen molar-refractivity contribution < 1.29 is 17.4 Å². The topological polar surface area (TPSA) is 85.3 Å². The van der Waals surface area contributed by atoms with Crippen molar-refractivity contribution in [2.24, 2.45) is 5.92 Å². The molecule has 0 spiro atoms. The molecular weight excluding hydrogens is 280 g/mol. The van der Waals surface area contributed by atoms with Crippen LogP contribution in [0.2, 0.25) is 0 Å². The highest BCUT2D eigenvalue weighted by Crippen LogP contribution is 2.27. The van der Waals surface area contributed by atoms with Crippen molar-refractivity contribution in [2.75, 3.05) is 6.54 Å². The maximum absolute atomic E-state index is 12.2. The van der Waals surface area contributed by atoms with E-state index in [0.717, 1.165) is 6.42 Å². The minimum Gasteiger partial charge on any atom is -0.457 e. The first-order chi connectivity index (χ1) is 9.40. The molecule has 0 bridgehead atoms. The van der Waals surface area contributed by atoms with E-state index in [1.807, 2.05) is 13.8 Å². The Morgan fingerprint density at radius 2 is 2.10 bits per heavy atom. The molecule has 2 heterocycles. The van der Waals surface area contributed by atoms with Crippen LogP contribution in [0.3, 0.4) is 0 Å². The summed E-state index contributed by atoms with van der Waals surface area (Å²) >= 11 is 0. The molecule has 2 aromatic heterocycles. The maximum atomic E-state index is 12.2. The van der Waals surface area contributed by atoms with Gasteiger partial charge in [0.05, 0.1) is 6.20 Å². The molecule has 0 unspecified atom stereocenters. The molecule has 7 heteroatoms. The molecule has 0 saturated heterocycles. The van der Waals surface area contributed by atoms with Crippen LogP contribution in [0.25, 0.3) is 11.5 Å². The average Bonchev–Trinajstić information content (AvgIpc) is 2.96. The van der Waals surface area contributed by atoms with E-state index in [2.05, 4.69) is 9.88 Å². The molecule has 0 aliphatic carbocycles. The van der Waals surface area contributed by atoms with Crippen LogP contribution in [-0.4, -0.2) is 20.1 Å². The van der Waals surface area contributed by atoms with Gasteiger partial charge in [-0.3, -0.25) is 0 Å². The number of aryl methyl sites for hydroxylation is 1. The molecule has 2 rings (SSSR count). The number of rotatable bonds is 6. The van der Waals surface area contributed by atoms with Crippen molar-refractivity contribution in [2.45, 2.75) is 32.1 Å². The van der Waals surface area contributed by atoms with Gasteiger partial charge in [0.15, 0.2) is 5.76 Å². The monoisotopic (exact) mass is 298 g/mol. The highest BCUT2D eigenvalue weighted by atomic mass is 32.2. The number of sulfonamides is 1. The number of nitrogens with zero attached hydrogens (tertiary/aromatic N) is 1. The van der Waals surface area contributed by atoms with Crippen molar-refractivity contribution in [3.63, 3.8) is 0 Å². The first-order valence-corrected chi connectivity index (χ1v) is 7.89. The van der Waals surface area contributed by atoms with Crippen LogP contribution in [0.1, 0.15) is 26.0 Å². The Morgan fingerprint density at radius 3 is 2.70 bits per heavy atom. The first-order valence-electron chi connectivity index (χ1n) is 6.41. The summed E-state index contributed by atoms with van der Waals surface area (Å²) in [5.74, 6) is 1.52. The third-order valence-corrected chi connectivity index (χ3v) is 4.42. The first kappa shape index (κ1) is 14.8. The number of nitrogens with one attached hydrogen (secondary N) is 1. The van der Waals surface area contributed by atoms with Crippen molar-refractivity contribution in [3.8, 4) is 11.5 Å². The Kier molecular flexibility index (Phi) is 4.29. The number of hydrogen-bond acceptors (Lipinski definition) is 5. The summed E-state index contributed by atoms with van der Waals surface area (Å²) in [5.41, 5.74) is 0. The highest BCUT2D eigenvalue weighted by molar-refractivity contribution is 7.89. The highest BCUT2D eigenvalue weighted by Gasteiger charge is 2.22. The third kappa shape index (κ3) is 3.29. The molecule has 0 aliphatic heterocycles. The van der Waals surface area contributed by atoms with Gasteiger partial charge in [-0.1, -0.05) is 19.0 Å². The van der Waals surface area contributed by atoms with Gasteiger partial charge in [0.1, 0.15) is 10.7 Å². The lowest BCUT2D eigenvalue weighted by atomic mass is 10.1. The number of aromatic nitrogens is 1. The molecule has 0 aliphatic rings. The van der Waals surface area contributed by atoms with E-state index < -0.39 is 10.0 Å². The van der Waals surface area contributed by atoms with Gasteiger partial charge < -0.3 is 8.94 Å². The van der Waals surface area contributed by atoms with E-state index in [4.69, 9.17) is 8.94 Å². The average molecular weight is 298 g/mol. The Balaban J connectivity index is 2.20. The van der Waals surface area contributed by atoms with Gasteiger partial charge in [-0.15, -0.1) is 0 Å². The zero-order chi connectivity index (χ0) is 14.8. The predicted molar refractivity (Wildman–Crippen MR) is 73.6 cm³/mol. The SMILES string of the molecule is Cc1oc(-c2ccno2)cc1S(=O)(=O)NCCC(C)C. The summed E-state index contributed by atoms with van der Waals surface area (Å²) in [5, 5.41) is 3.57. The minimum atomic E-state index is -3.56. The lowest BCUT2D eigenvalue weighted by Gasteiger charge is -2.07. The zero-order valence-corrected chi connectivity index (χ0v) is 12.5. The fourth-order valence-corrected chi connectivity index (χ4v) is 2.98. The van der Waals surface area contributed by atoms with E-state index in [1.165, 1.54) is 12.3 Å².